The number of carbonyl (C=O) groups is 1. The van der Waals surface area contributed by atoms with Crippen molar-refractivity contribution < 1.29 is 19.0 Å². The van der Waals surface area contributed by atoms with Gasteiger partial charge in [0.25, 0.3) is 0 Å². The van der Waals surface area contributed by atoms with Gasteiger partial charge in [0, 0.05) is 17.5 Å². The van der Waals surface area contributed by atoms with Gasteiger partial charge in [0.15, 0.2) is 16.7 Å². The summed E-state index contributed by atoms with van der Waals surface area (Å²) in [7, 11) is 1.41. The van der Waals surface area contributed by atoms with Gasteiger partial charge in [-0.05, 0) is 24.6 Å². The van der Waals surface area contributed by atoms with Gasteiger partial charge in [0.1, 0.15) is 0 Å². The van der Waals surface area contributed by atoms with Crippen LogP contribution in [0.25, 0.3) is 11.3 Å². The molecule has 0 saturated carbocycles. The first-order valence-corrected chi connectivity index (χ1v) is 7.96. The molecule has 2 unspecified atom stereocenters. The van der Waals surface area contributed by atoms with Crippen LogP contribution in [0.5, 0.6) is 5.75 Å². The highest BCUT2D eigenvalue weighted by Gasteiger charge is 2.28. The molecular weight excluding hydrogens is 321 g/mol. The molecule has 3 N–H and O–H groups in total. The van der Waals surface area contributed by atoms with Gasteiger partial charge in [-0.15, -0.1) is 11.3 Å². The molecule has 1 aromatic carbocycles. The molecule has 0 radical (unpaired) electrons. The third kappa shape index (κ3) is 3.49. The lowest BCUT2D eigenvalue weighted by molar-refractivity contribution is -0.117. The molecule has 0 spiro atoms. The van der Waals surface area contributed by atoms with Gasteiger partial charge in [-0.3, -0.25) is 4.79 Å². The van der Waals surface area contributed by atoms with Crippen LogP contribution in [0.4, 0.5) is 9.52 Å². The van der Waals surface area contributed by atoms with E-state index >= 15 is 0 Å². The third-order valence-electron chi connectivity index (χ3n) is 3.61. The number of hydrogen-bond acceptors (Lipinski definition) is 6. The van der Waals surface area contributed by atoms with E-state index in [1.165, 1.54) is 30.6 Å². The van der Waals surface area contributed by atoms with Gasteiger partial charge in [-0.2, -0.15) is 0 Å². The highest BCUT2D eigenvalue weighted by atomic mass is 32.1. The second-order valence-corrected chi connectivity index (χ2v) is 6.08. The lowest BCUT2D eigenvalue weighted by Gasteiger charge is -2.08. The first-order chi connectivity index (χ1) is 11.1. The number of benzene rings is 1. The molecule has 1 fully saturated rings. The van der Waals surface area contributed by atoms with E-state index in [1.54, 1.807) is 11.4 Å². The van der Waals surface area contributed by atoms with Crippen molar-refractivity contribution in [2.75, 3.05) is 19.0 Å². The second-order valence-electron chi connectivity index (χ2n) is 5.23. The van der Waals surface area contributed by atoms with Crippen LogP contribution in [0.3, 0.4) is 0 Å². The molecule has 0 aliphatic carbocycles. The van der Waals surface area contributed by atoms with E-state index in [1.807, 2.05) is 0 Å². The zero-order valence-corrected chi connectivity index (χ0v) is 13.2. The van der Waals surface area contributed by atoms with Crippen LogP contribution >= 0.6 is 11.3 Å². The maximum Gasteiger partial charge on any atom is 0.243 e. The van der Waals surface area contributed by atoms with Crippen molar-refractivity contribution in [1.82, 2.24) is 10.3 Å². The van der Waals surface area contributed by atoms with Gasteiger partial charge in [-0.1, -0.05) is 0 Å². The van der Waals surface area contributed by atoms with Gasteiger partial charge in [0.05, 0.1) is 24.9 Å². The molecule has 6 nitrogen and oxygen atoms in total. The molecule has 1 saturated heterocycles. The van der Waals surface area contributed by atoms with Gasteiger partial charge >= 0.3 is 0 Å². The predicted octanol–water partition coefficient (Wildman–Crippen LogP) is 1.62. The normalized spacial score (nSPS) is 20.5. The standard InChI is InChI=1S/C15H16FN3O3S/c1-22-13-3-2-8(4-10(13)16)12-7-23-15(18-12)19-14(21)11-5-9(20)6-17-11/h2-4,7,9,11,17,20H,5-6H2,1H3,(H,18,19,21). The smallest absolute Gasteiger partial charge is 0.243 e. The number of β-amino-alcohol motifs (C(OH)–C–C–N with tert-alkyl or cyclic N) is 1. The zero-order chi connectivity index (χ0) is 16.4. The number of hydrogen-bond donors (Lipinski definition) is 3. The molecule has 1 aliphatic rings. The number of aromatic nitrogens is 1. The van der Waals surface area contributed by atoms with E-state index in [0.717, 1.165) is 0 Å². The summed E-state index contributed by atoms with van der Waals surface area (Å²) in [5.41, 5.74) is 1.18. The van der Waals surface area contributed by atoms with Crippen LogP contribution in [-0.4, -0.2) is 41.8 Å². The van der Waals surface area contributed by atoms with E-state index in [-0.39, 0.29) is 11.7 Å². The summed E-state index contributed by atoms with van der Waals surface area (Å²) in [6, 6.07) is 4.16. The number of carbonyl (C=O) groups excluding carboxylic acids is 1. The van der Waals surface area contributed by atoms with Crippen LogP contribution in [0.1, 0.15) is 6.42 Å². The Bertz CT molecular complexity index is 722. The summed E-state index contributed by atoms with van der Waals surface area (Å²) < 4.78 is 18.6. The minimum atomic E-state index is -0.500. The molecule has 2 aromatic rings. The second kappa shape index (κ2) is 6.61. The van der Waals surface area contributed by atoms with E-state index in [9.17, 15) is 14.3 Å². The summed E-state index contributed by atoms with van der Waals surface area (Å²) in [6.45, 7) is 0.409. The van der Waals surface area contributed by atoms with Crippen molar-refractivity contribution in [3.05, 3.63) is 29.4 Å². The number of halogens is 1. The van der Waals surface area contributed by atoms with Gasteiger partial charge in [0.2, 0.25) is 5.91 Å². The maximum atomic E-state index is 13.7. The van der Waals surface area contributed by atoms with Crippen LogP contribution in [0.15, 0.2) is 23.6 Å². The molecule has 3 rings (SSSR count). The number of nitrogens with zero attached hydrogens (tertiary/aromatic N) is 1. The molecule has 23 heavy (non-hydrogen) atoms. The lowest BCUT2D eigenvalue weighted by Crippen LogP contribution is -2.35. The van der Waals surface area contributed by atoms with Crippen molar-refractivity contribution in [3.8, 4) is 17.0 Å². The number of thiazole rings is 1. The SMILES string of the molecule is COc1ccc(-c2csc(NC(=O)C3CC(O)CN3)n2)cc1F. The fraction of sp³-hybridized carbons (Fsp3) is 0.333. The van der Waals surface area contributed by atoms with Crippen molar-refractivity contribution in [2.24, 2.45) is 0 Å². The maximum absolute atomic E-state index is 13.7. The average molecular weight is 337 g/mol. The highest BCUT2D eigenvalue weighted by molar-refractivity contribution is 7.14. The number of aliphatic hydroxyl groups is 1. The summed E-state index contributed by atoms with van der Waals surface area (Å²) >= 11 is 1.26. The fourth-order valence-corrected chi connectivity index (χ4v) is 3.12. The Kier molecular flexibility index (Phi) is 4.56. The minimum absolute atomic E-state index is 0.170. The Hall–Kier alpha value is -2.03. The molecule has 2 heterocycles. The van der Waals surface area contributed by atoms with E-state index in [2.05, 4.69) is 15.6 Å². The highest BCUT2D eigenvalue weighted by Crippen LogP contribution is 2.28. The van der Waals surface area contributed by atoms with Crippen LogP contribution in [-0.2, 0) is 4.79 Å². The number of nitrogens with one attached hydrogen (secondary N) is 2. The Morgan fingerprint density at radius 3 is 3.04 bits per heavy atom. The molecule has 2 atom stereocenters. The van der Waals surface area contributed by atoms with Crippen LogP contribution < -0.4 is 15.4 Å². The van der Waals surface area contributed by atoms with Gasteiger partial charge in [-0.25, -0.2) is 9.37 Å². The zero-order valence-electron chi connectivity index (χ0n) is 12.4. The molecule has 122 valence electrons. The molecule has 1 aromatic heterocycles. The largest absolute Gasteiger partial charge is 0.494 e. The number of rotatable bonds is 4. The van der Waals surface area contributed by atoms with Crippen molar-refractivity contribution in [2.45, 2.75) is 18.6 Å². The topological polar surface area (TPSA) is 83.5 Å². The number of amides is 1. The number of aliphatic hydroxyl groups excluding tert-OH is 1. The number of ether oxygens (including phenoxy) is 1. The molecular formula is C15H16FN3O3S. The quantitative estimate of drug-likeness (QED) is 0.790. The first-order valence-electron chi connectivity index (χ1n) is 7.08. The molecule has 1 amide bonds. The average Bonchev–Trinajstić information content (AvgIpc) is 3.16. The third-order valence-corrected chi connectivity index (χ3v) is 4.36. The minimum Gasteiger partial charge on any atom is -0.494 e. The lowest BCUT2D eigenvalue weighted by atomic mass is 10.1. The van der Waals surface area contributed by atoms with Crippen molar-refractivity contribution >= 4 is 22.4 Å². The van der Waals surface area contributed by atoms with E-state index in [0.29, 0.717) is 29.4 Å². The summed E-state index contributed by atoms with van der Waals surface area (Å²) in [4.78, 5) is 16.3. The van der Waals surface area contributed by atoms with Crippen molar-refractivity contribution in [3.63, 3.8) is 0 Å². The Morgan fingerprint density at radius 1 is 1.57 bits per heavy atom. The Balaban J connectivity index is 1.70. The van der Waals surface area contributed by atoms with Crippen LogP contribution in [0.2, 0.25) is 0 Å². The van der Waals surface area contributed by atoms with Crippen molar-refractivity contribution in [1.29, 1.82) is 0 Å². The van der Waals surface area contributed by atoms with E-state index in [4.69, 9.17) is 4.74 Å². The Labute approximate surface area is 136 Å². The monoisotopic (exact) mass is 337 g/mol. The van der Waals surface area contributed by atoms with E-state index < -0.39 is 18.0 Å². The fourth-order valence-electron chi connectivity index (χ4n) is 2.40. The first kappa shape index (κ1) is 15.9. The summed E-state index contributed by atoms with van der Waals surface area (Å²) in [5.74, 6) is -0.528. The summed E-state index contributed by atoms with van der Waals surface area (Å²) in [6.07, 6.45) is -0.117. The van der Waals surface area contributed by atoms with Crippen LogP contribution in [0, 0.1) is 5.82 Å². The summed E-state index contributed by atoms with van der Waals surface area (Å²) in [5, 5.41) is 17.3. The molecule has 8 heteroatoms. The number of anilines is 1. The molecule has 0 bridgehead atoms. The molecule has 1 aliphatic heterocycles. The predicted molar refractivity (Wildman–Crippen MR) is 85.1 cm³/mol. The Morgan fingerprint density at radius 2 is 2.39 bits per heavy atom. The number of methoxy groups -OCH3 is 1. The van der Waals surface area contributed by atoms with Gasteiger partial charge < -0.3 is 20.5 Å².